The summed E-state index contributed by atoms with van der Waals surface area (Å²) in [4.78, 5) is 12.4. The molecule has 1 amide bonds. The predicted molar refractivity (Wildman–Crippen MR) is 110 cm³/mol. The molecule has 10 heteroatoms. The van der Waals surface area contributed by atoms with E-state index < -0.39 is 21.8 Å². The number of methoxy groups -OCH3 is 1. The molecular weight excluding hydrogens is 442 g/mol. The first kappa shape index (κ1) is 21.8. The summed E-state index contributed by atoms with van der Waals surface area (Å²) >= 11 is 12.0. The lowest BCUT2D eigenvalue weighted by molar-refractivity contribution is -0.120. The fourth-order valence-corrected chi connectivity index (χ4v) is 5.22. The Morgan fingerprint density at radius 1 is 1.24 bits per heavy atom. The van der Waals surface area contributed by atoms with E-state index >= 15 is 0 Å². The number of carbonyl (C=O) groups excluding carboxylic acids is 1. The molecule has 0 aromatic heterocycles. The second kappa shape index (κ2) is 8.87. The van der Waals surface area contributed by atoms with Gasteiger partial charge in [0.25, 0.3) is 0 Å². The Morgan fingerprint density at radius 2 is 2.00 bits per heavy atom. The van der Waals surface area contributed by atoms with Crippen LogP contribution in [0.5, 0.6) is 5.75 Å². The van der Waals surface area contributed by atoms with Gasteiger partial charge < -0.3 is 10.1 Å². The normalized spacial score (nSPS) is 17.7. The SMILES string of the molecule is COc1ccc(F)cc1S(=O)(=O)N1CCC[C@H](C(=O)Nc2cc(Cl)ccc2Cl)C1. The van der Waals surface area contributed by atoms with Gasteiger partial charge in [-0.05, 0) is 49.2 Å². The zero-order valence-corrected chi connectivity index (χ0v) is 17.8. The van der Waals surface area contributed by atoms with Crippen LogP contribution < -0.4 is 10.1 Å². The van der Waals surface area contributed by atoms with Gasteiger partial charge in [0.15, 0.2) is 0 Å². The lowest BCUT2D eigenvalue weighted by atomic mass is 9.99. The van der Waals surface area contributed by atoms with E-state index in [-0.39, 0.29) is 29.6 Å². The zero-order chi connectivity index (χ0) is 21.2. The third kappa shape index (κ3) is 4.83. The van der Waals surface area contributed by atoms with Crippen molar-refractivity contribution in [3.63, 3.8) is 0 Å². The van der Waals surface area contributed by atoms with E-state index in [2.05, 4.69) is 5.32 Å². The summed E-state index contributed by atoms with van der Waals surface area (Å²) in [5.74, 6) is -1.59. The van der Waals surface area contributed by atoms with E-state index in [4.69, 9.17) is 27.9 Å². The molecule has 156 valence electrons. The van der Waals surface area contributed by atoms with Crippen LogP contribution in [-0.4, -0.2) is 38.8 Å². The van der Waals surface area contributed by atoms with E-state index in [1.165, 1.54) is 23.5 Å². The predicted octanol–water partition coefficient (Wildman–Crippen LogP) is 4.18. The first-order valence-corrected chi connectivity index (χ1v) is 11.0. The van der Waals surface area contributed by atoms with Crippen molar-refractivity contribution in [1.29, 1.82) is 0 Å². The molecule has 29 heavy (non-hydrogen) atoms. The molecule has 0 spiro atoms. The van der Waals surface area contributed by atoms with Crippen LogP contribution in [0, 0.1) is 11.7 Å². The summed E-state index contributed by atoms with van der Waals surface area (Å²) in [7, 11) is -2.73. The van der Waals surface area contributed by atoms with Crippen molar-refractivity contribution in [2.75, 3.05) is 25.5 Å². The Bertz CT molecular complexity index is 1030. The number of halogens is 3. The molecule has 1 N–H and O–H groups in total. The third-order valence-electron chi connectivity index (χ3n) is 4.68. The smallest absolute Gasteiger partial charge is 0.246 e. The van der Waals surface area contributed by atoms with Gasteiger partial charge in [0.1, 0.15) is 16.5 Å². The van der Waals surface area contributed by atoms with Crippen molar-refractivity contribution in [2.45, 2.75) is 17.7 Å². The highest BCUT2D eigenvalue weighted by Gasteiger charge is 2.35. The summed E-state index contributed by atoms with van der Waals surface area (Å²) in [5.41, 5.74) is 0.357. The maximum absolute atomic E-state index is 13.7. The van der Waals surface area contributed by atoms with Gasteiger partial charge in [-0.25, -0.2) is 12.8 Å². The van der Waals surface area contributed by atoms with Gasteiger partial charge in [0.05, 0.1) is 23.7 Å². The molecule has 1 atom stereocenters. The van der Waals surface area contributed by atoms with Gasteiger partial charge in [0, 0.05) is 18.1 Å². The first-order chi connectivity index (χ1) is 13.7. The molecule has 1 aliphatic rings. The summed E-state index contributed by atoms with van der Waals surface area (Å²) in [6.45, 7) is 0.190. The summed E-state index contributed by atoms with van der Waals surface area (Å²) in [6.07, 6.45) is 0.995. The fourth-order valence-electron chi connectivity index (χ4n) is 3.19. The van der Waals surface area contributed by atoms with Gasteiger partial charge in [-0.15, -0.1) is 0 Å². The molecule has 2 aromatic carbocycles. The maximum atomic E-state index is 13.7. The highest BCUT2D eigenvalue weighted by Crippen LogP contribution is 2.31. The number of ether oxygens (including phenoxy) is 1. The van der Waals surface area contributed by atoms with Crippen molar-refractivity contribution in [3.8, 4) is 5.75 Å². The molecule has 6 nitrogen and oxygen atoms in total. The van der Waals surface area contributed by atoms with Crippen LogP contribution in [0.2, 0.25) is 10.0 Å². The minimum atomic E-state index is -4.04. The van der Waals surface area contributed by atoms with E-state index in [0.717, 1.165) is 12.1 Å². The van der Waals surface area contributed by atoms with Crippen LogP contribution in [0.1, 0.15) is 12.8 Å². The van der Waals surface area contributed by atoms with E-state index in [0.29, 0.717) is 28.6 Å². The number of nitrogens with one attached hydrogen (secondary N) is 1. The summed E-state index contributed by atoms with van der Waals surface area (Å²) in [5, 5.41) is 3.44. The Kier molecular flexibility index (Phi) is 6.68. The largest absolute Gasteiger partial charge is 0.495 e. The summed E-state index contributed by atoms with van der Waals surface area (Å²) in [6, 6.07) is 7.99. The average Bonchev–Trinajstić information content (AvgIpc) is 2.70. The number of sulfonamides is 1. The lowest BCUT2D eigenvalue weighted by Crippen LogP contribution is -2.43. The number of hydrogen-bond donors (Lipinski definition) is 1. The maximum Gasteiger partial charge on any atom is 0.246 e. The van der Waals surface area contributed by atoms with Gasteiger partial charge in [0.2, 0.25) is 15.9 Å². The van der Waals surface area contributed by atoms with Gasteiger partial charge in [-0.1, -0.05) is 23.2 Å². The van der Waals surface area contributed by atoms with E-state index in [1.807, 2.05) is 0 Å². The third-order valence-corrected chi connectivity index (χ3v) is 7.14. The fraction of sp³-hybridized carbons (Fsp3) is 0.316. The number of anilines is 1. The van der Waals surface area contributed by atoms with Gasteiger partial charge in [-0.2, -0.15) is 4.31 Å². The van der Waals surface area contributed by atoms with Crippen molar-refractivity contribution in [3.05, 3.63) is 52.3 Å². The number of rotatable bonds is 5. The van der Waals surface area contributed by atoms with Crippen LogP contribution in [0.3, 0.4) is 0 Å². The second-order valence-corrected chi connectivity index (χ2v) is 9.36. The topological polar surface area (TPSA) is 75.7 Å². The monoisotopic (exact) mass is 460 g/mol. The molecule has 1 saturated heterocycles. The Morgan fingerprint density at radius 3 is 2.72 bits per heavy atom. The number of amides is 1. The van der Waals surface area contributed by atoms with Crippen LogP contribution in [-0.2, 0) is 14.8 Å². The number of hydrogen-bond acceptors (Lipinski definition) is 4. The molecule has 0 bridgehead atoms. The van der Waals surface area contributed by atoms with E-state index in [9.17, 15) is 17.6 Å². The molecule has 1 fully saturated rings. The number of piperidine rings is 1. The highest BCUT2D eigenvalue weighted by atomic mass is 35.5. The van der Waals surface area contributed by atoms with Crippen molar-refractivity contribution < 1.29 is 22.3 Å². The number of nitrogens with zero attached hydrogens (tertiary/aromatic N) is 1. The molecule has 0 radical (unpaired) electrons. The molecule has 1 aliphatic heterocycles. The zero-order valence-electron chi connectivity index (χ0n) is 15.5. The van der Waals surface area contributed by atoms with Gasteiger partial charge in [-0.3, -0.25) is 4.79 Å². The van der Waals surface area contributed by atoms with Crippen molar-refractivity contribution in [2.24, 2.45) is 5.92 Å². The molecule has 2 aromatic rings. The average molecular weight is 461 g/mol. The number of benzene rings is 2. The standard InChI is InChI=1S/C19H19Cl2FN2O4S/c1-28-17-7-5-14(22)10-18(17)29(26,27)24-8-2-3-12(11-24)19(25)23-16-9-13(20)4-6-15(16)21/h4-7,9-10,12H,2-3,8,11H2,1H3,(H,23,25)/t12-/m0/s1. The first-order valence-electron chi connectivity index (χ1n) is 8.82. The second-order valence-electron chi connectivity index (χ2n) is 6.61. The molecule has 1 heterocycles. The molecule has 0 unspecified atom stereocenters. The molecule has 0 saturated carbocycles. The molecule has 0 aliphatic carbocycles. The Hall–Kier alpha value is -1.87. The lowest BCUT2D eigenvalue weighted by Gasteiger charge is -2.31. The Labute approximate surface area is 178 Å². The van der Waals surface area contributed by atoms with E-state index in [1.54, 1.807) is 12.1 Å². The van der Waals surface area contributed by atoms with Gasteiger partial charge >= 0.3 is 0 Å². The summed E-state index contributed by atoms with van der Waals surface area (Å²) < 4.78 is 46.0. The van der Waals surface area contributed by atoms with Crippen LogP contribution in [0.4, 0.5) is 10.1 Å². The number of carbonyl (C=O) groups is 1. The van der Waals surface area contributed by atoms with Crippen molar-refractivity contribution in [1.82, 2.24) is 4.31 Å². The van der Waals surface area contributed by atoms with Crippen LogP contribution >= 0.6 is 23.2 Å². The Balaban J connectivity index is 1.80. The quantitative estimate of drug-likeness (QED) is 0.725. The molecular formula is C19H19Cl2FN2O4S. The molecule has 3 rings (SSSR count). The van der Waals surface area contributed by atoms with Crippen molar-refractivity contribution >= 4 is 44.8 Å². The minimum absolute atomic E-state index is 0.0357. The highest BCUT2D eigenvalue weighted by molar-refractivity contribution is 7.89. The van der Waals surface area contributed by atoms with Crippen LogP contribution in [0.25, 0.3) is 0 Å². The minimum Gasteiger partial charge on any atom is -0.495 e. The van der Waals surface area contributed by atoms with Crippen LogP contribution in [0.15, 0.2) is 41.3 Å².